The van der Waals surface area contributed by atoms with Crippen molar-refractivity contribution in [1.82, 2.24) is 0 Å². The lowest BCUT2D eigenvalue weighted by Gasteiger charge is -2.19. The summed E-state index contributed by atoms with van der Waals surface area (Å²) >= 11 is 0. The molecule has 0 aromatic carbocycles. The number of allylic oxidation sites excluding steroid dienone is 18. The minimum atomic E-state index is -4.40. The molecular weight excluding hydrogens is 1190 g/mol. The monoisotopic (exact) mass is 1350 g/mol. The molecule has 550 valence electrons. The highest BCUT2D eigenvalue weighted by Crippen LogP contribution is 2.43. The lowest BCUT2D eigenvalue weighted by Crippen LogP contribution is -2.29. The maximum absolute atomic E-state index is 12.8. The van der Waals surface area contributed by atoms with Crippen molar-refractivity contribution in [3.63, 3.8) is 0 Å². The van der Waals surface area contributed by atoms with Crippen LogP contribution in [0.15, 0.2) is 109 Å². The van der Waals surface area contributed by atoms with E-state index >= 15 is 0 Å². The summed E-state index contributed by atoms with van der Waals surface area (Å²) in [6.45, 7) is 3.67. The van der Waals surface area contributed by atoms with Crippen LogP contribution in [0, 0.1) is 0 Å². The summed E-state index contributed by atoms with van der Waals surface area (Å²) in [5, 5.41) is 0. The smallest absolute Gasteiger partial charge is 0.462 e. The second-order valence-electron chi connectivity index (χ2n) is 26.9. The SMILES string of the molecule is CC/C=C\C/C=C\C/C=C\C/C=C\C/C=C\C/C=C\C/C=C\CCCCCCCCCCCCCCCCCC(=O)OC(COC(=O)CCCCCCCCCCCCCCCCCCCCCCCCCCC/C=C\C/C=C\CCCCCCC)COP(=O)(O)OCCN. The number of hydrogen-bond donors (Lipinski definition) is 2. The third kappa shape index (κ3) is 79.5. The molecule has 0 heterocycles. The molecule has 0 fully saturated rings. The standard InChI is InChI=1S/C85H152NO8P/c1-3-5-7-9-11-13-15-17-19-21-23-25-27-29-31-33-35-37-39-41-43-45-47-49-51-53-55-57-59-61-63-65-67-69-71-73-75-77-84(87)91-81-83(82-93-95(89,90)92-80-79-86)94-85(88)78-76-74-72-70-68-66-64-62-60-58-56-54-52-50-48-46-44-42-40-38-36-34-32-30-28-26-24-22-20-18-16-14-12-10-8-6-4-2/h6,8,12,14-15,17-18,20-21,23-24,26,30,32,36,38,42,44,83H,3-5,7,9-11,13,16,19,22,25,27-29,31,33-35,37,39-41,43,45-82,86H2,1-2H3,(H,89,90)/b8-6-,14-12-,17-15-,20-18-,23-21-,26-24-,32-30-,38-36-,44-42-. The Morgan fingerprint density at radius 2 is 0.579 bits per heavy atom. The number of carbonyl (C=O) groups is 2. The van der Waals surface area contributed by atoms with E-state index in [1.807, 2.05) is 0 Å². The van der Waals surface area contributed by atoms with Gasteiger partial charge in [-0.3, -0.25) is 18.6 Å². The van der Waals surface area contributed by atoms with E-state index < -0.39 is 26.5 Å². The first kappa shape index (κ1) is 91.7. The number of carbonyl (C=O) groups excluding carboxylic acids is 2. The van der Waals surface area contributed by atoms with Gasteiger partial charge in [-0.15, -0.1) is 0 Å². The Balaban J connectivity index is 3.80. The van der Waals surface area contributed by atoms with Gasteiger partial charge in [0.2, 0.25) is 0 Å². The molecule has 0 saturated heterocycles. The first-order valence-electron chi connectivity index (χ1n) is 40.4. The molecule has 0 aliphatic heterocycles. The van der Waals surface area contributed by atoms with Crippen molar-refractivity contribution in [2.75, 3.05) is 26.4 Å². The molecule has 0 spiro atoms. The van der Waals surface area contributed by atoms with E-state index in [9.17, 15) is 19.0 Å². The van der Waals surface area contributed by atoms with Gasteiger partial charge in [-0.25, -0.2) is 4.57 Å². The maximum atomic E-state index is 12.8. The van der Waals surface area contributed by atoms with E-state index in [1.54, 1.807) is 0 Å². The summed E-state index contributed by atoms with van der Waals surface area (Å²) in [4.78, 5) is 35.5. The fourth-order valence-electron chi connectivity index (χ4n) is 11.7. The molecule has 0 aromatic rings. The number of unbranched alkanes of at least 4 members (excludes halogenated alkanes) is 45. The average molecular weight is 1350 g/mol. The third-order valence-corrected chi connectivity index (χ3v) is 18.6. The molecule has 2 unspecified atom stereocenters. The van der Waals surface area contributed by atoms with Crippen molar-refractivity contribution in [2.45, 2.75) is 392 Å². The molecule has 2 atom stereocenters. The minimum absolute atomic E-state index is 0.0521. The van der Waals surface area contributed by atoms with Crippen molar-refractivity contribution < 1.29 is 37.6 Å². The molecule has 0 aliphatic rings. The Hall–Kier alpha value is -3.33. The van der Waals surface area contributed by atoms with E-state index in [0.29, 0.717) is 6.42 Å². The largest absolute Gasteiger partial charge is 0.472 e. The first-order chi connectivity index (χ1) is 46.8. The number of phosphoric ester groups is 1. The Morgan fingerprint density at radius 1 is 0.326 bits per heavy atom. The number of phosphoric acid groups is 1. The van der Waals surface area contributed by atoms with Crippen molar-refractivity contribution >= 4 is 19.8 Å². The van der Waals surface area contributed by atoms with E-state index in [-0.39, 0.29) is 38.6 Å². The fourth-order valence-corrected chi connectivity index (χ4v) is 12.5. The number of nitrogens with two attached hydrogens (primary N) is 1. The number of hydrogen-bond acceptors (Lipinski definition) is 8. The normalized spacial score (nSPS) is 13.4. The number of ether oxygens (including phenoxy) is 2. The highest BCUT2D eigenvalue weighted by Gasteiger charge is 2.26. The van der Waals surface area contributed by atoms with Gasteiger partial charge >= 0.3 is 19.8 Å². The molecule has 10 heteroatoms. The highest BCUT2D eigenvalue weighted by atomic mass is 31.2. The van der Waals surface area contributed by atoms with Crippen molar-refractivity contribution in [3.05, 3.63) is 109 Å². The maximum Gasteiger partial charge on any atom is 0.472 e. The second kappa shape index (κ2) is 79.7. The van der Waals surface area contributed by atoms with Gasteiger partial charge in [-0.2, -0.15) is 0 Å². The lowest BCUT2D eigenvalue weighted by molar-refractivity contribution is -0.161. The minimum Gasteiger partial charge on any atom is -0.462 e. The predicted octanol–water partition coefficient (Wildman–Crippen LogP) is 27.2. The van der Waals surface area contributed by atoms with Crippen LogP contribution >= 0.6 is 7.82 Å². The number of rotatable bonds is 76. The van der Waals surface area contributed by atoms with Gasteiger partial charge in [0.15, 0.2) is 6.10 Å². The van der Waals surface area contributed by atoms with E-state index in [1.165, 1.54) is 263 Å². The zero-order valence-electron chi connectivity index (χ0n) is 62.1. The van der Waals surface area contributed by atoms with Crippen LogP contribution in [-0.2, 0) is 32.7 Å². The van der Waals surface area contributed by atoms with Gasteiger partial charge in [-0.05, 0) is 103 Å². The van der Waals surface area contributed by atoms with Crippen molar-refractivity contribution in [1.29, 1.82) is 0 Å². The molecule has 0 aliphatic carbocycles. The van der Waals surface area contributed by atoms with Crippen LogP contribution in [0.3, 0.4) is 0 Å². The van der Waals surface area contributed by atoms with Gasteiger partial charge in [0, 0.05) is 19.4 Å². The van der Waals surface area contributed by atoms with Gasteiger partial charge in [0.1, 0.15) is 6.61 Å². The highest BCUT2D eigenvalue weighted by molar-refractivity contribution is 7.47. The predicted molar refractivity (Wildman–Crippen MR) is 413 cm³/mol. The summed E-state index contributed by atoms with van der Waals surface area (Å²) in [7, 11) is -4.40. The fraction of sp³-hybridized carbons (Fsp3) is 0.765. The van der Waals surface area contributed by atoms with Crippen LogP contribution in [0.25, 0.3) is 0 Å². The van der Waals surface area contributed by atoms with E-state index in [4.69, 9.17) is 24.3 Å². The first-order valence-corrected chi connectivity index (χ1v) is 41.9. The van der Waals surface area contributed by atoms with E-state index in [2.05, 4.69) is 123 Å². The molecule has 3 N–H and O–H groups in total. The number of esters is 2. The third-order valence-electron chi connectivity index (χ3n) is 17.6. The Morgan fingerprint density at radius 3 is 0.863 bits per heavy atom. The van der Waals surface area contributed by atoms with Gasteiger partial charge < -0.3 is 20.1 Å². The quantitative estimate of drug-likeness (QED) is 0.0264. The van der Waals surface area contributed by atoms with E-state index in [0.717, 1.165) is 89.9 Å². The van der Waals surface area contributed by atoms with Gasteiger partial charge in [-0.1, -0.05) is 380 Å². The summed E-state index contributed by atoms with van der Waals surface area (Å²) in [6, 6.07) is 0. The zero-order chi connectivity index (χ0) is 68.6. The average Bonchev–Trinajstić information content (AvgIpc) is 2.64. The van der Waals surface area contributed by atoms with Crippen LogP contribution < -0.4 is 5.73 Å². The molecule has 0 amide bonds. The van der Waals surface area contributed by atoms with Gasteiger partial charge in [0.25, 0.3) is 0 Å². The Labute approximate surface area is 588 Å². The second-order valence-corrected chi connectivity index (χ2v) is 28.4. The van der Waals surface area contributed by atoms with Crippen LogP contribution in [0.5, 0.6) is 0 Å². The zero-order valence-corrected chi connectivity index (χ0v) is 63.0. The summed E-state index contributed by atoms with van der Waals surface area (Å²) in [5.41, 5.74) is 5.42. The van der Waals surface area contributed by atoms with Crippen LogP contribution in [0.1, 0.15) is 386 Å². The molecule has 95 heavy (non-hydrogen) atoms. The van der Waals surface area contributed by atoms with Crippen molar-refractivity contribution in [3.8, 4) is 0 Å². The molecule has 0 aromatic heterocycles. The molecule has 0 saturated carbocycles. The molecule has 0 rings (SSSR count). The molecule has 0 bridgehead atoms. The van der Waals surface area contributed by atoms with Crippen LogP contribution in [0.4, 0.5) is 0 Å². The lowest BCUT2D eigenvalue weighted by atomic mass is 10.0. The van der Waals surface area contributed by atoms with Crippen LogP contribution in [-0.4, -0.2) is 49.3 Å². The summed E-state index contributed by atoms with van der Waals surface area (Å²) in [5.74, 6) is -0.813. The van der Waals surface area contributed by atoms with Gasteiger partial charge in [0.05, 0.1) is 13.2 Å². The van der Waals surface area contributed by atoms with Crippen molar-refractivity contribution in [2.24, 2.45) is 5.73 Å². The van der Waals surface area contributed by atoms with Crippen LogP contribution in [0.2, 0.25) is 0 Å². The summed E-state index contributed by atoms with van der Waals surface area (Å²) in [6.07, 6.45) is 111. The molecular formula is C85H152NO8P. The molecule has 0 radical (unpaired) electrons. The Kier molecular flexibility index (Phi) is 76.9. The Bertz CT molecular complexity index is 1930. The topological polar surface area (TPSA) is 134 Å². The molecule has 9 nitrogen and oxygen atoms in total. The summed E-state index contributed by atoms with van der Waals surface area (Å²) < 4.78 is 33.3.